The molecule has 1 unspecified atom stereocenters. The van der Waals surface area contributed by atoms with Gasteiger partial charge in [-0.1, -0.05) is 20.8 Å². The van der Waals surface area contributed by atoms with E-state index in [4.69, 9.17) is 4.74 Å². The molecule has 0 amide bonds. The molecule has 1 aromatic heterocycles. The number of nitrogens with zero attached hydrogens (tertiary/aromatic N) is 1. The Hall–Kier alpha value is -1.25. The Morgan fingerprint density at radius 1 is 1.32 bits per heavy atom. The molecule has 0 saturated heterocycles. The first kappa shape index (κ1) is 12.8. The first-order valence-corrected chi connectivity index (χ1v) is 7.22. The van der Waals surface area contributed by atoms with Crippen molar-refractivity contribution in [3.63, 3.8) is 0 Å². The fourth-order valence-corrected chi connectivity index (χ4v) is 4.42. The van der Waals surface area contributed by atoms with E-state index in [0.717, 1.165) is 11.6 Å². The molecular formula is C16H24N2O. The first-order chi connectivity index (χ1) is 8.95. The van der Waals surface area contributed by atoms with E-state index >= 15 is 0 Å². The standard InChI is InChI=1S/C16H24N2O/c1-15(2)11-7-8-16(3,9-11)14(15)18-12-5-6-13(19-4)17-10-12/h5-6,10-11,14,18H,7-9H2,1-4H3/t11-,14?,16+/m0/s1. The molecule has 1 N–H and O–H groups in total. The number of hydrogen-bond donors (Lipinski definition) is 1. The van der Waals surface area contributed by atoms with Gasteiger partial charge in [0.1, 0.15) is 0 Å². The van der Waals surface area contributed by atoms with Crippen molar-refractivity contribution < 1.29 is 4.74 Å². The van der Waals surface area contributed by atoms with E-state index in [1.54, 1.807) is 7.11 Å². The van der Waals surface area contributed by atoms with Crippen LogP contribution in [0, 0.1) is 16.7 Å². The maximum Gasteiger partial charge on any atom is 0.213 e. The summed E-state index contributed by atoms with van der Waals surface area (Å²) >= 11 is 0. The van der Waals surface area contributed by atoms with E-state index in [1.165, 1.54) is 19.3 Å². The second-order valence-corrected chi connectivity index (χ2v) is 7.08. The van der Waals surface area contributed by atoms with Gasteiger partial charge in [-0.25, -0.2) is 4.98 Å². The van der Waals surface area contributed by atoms with Crippen molar-refractivity contribution in [2.45, 2.75) is 46.1 Å². The molecule has 2 fully saturated rings. The number of methoxy groups -OCH3 is 1. The van der Waals surface area contributed by atoms with Crippen molar-refractivity contribution in [3.8, 4) is 5.88 Å². The predicted octanol–water partition coefficient (Wildman–Crippen LogP) is 3.72. The highest BCUT2D eigenvalue weighted by Gasteiger charge is 2.59. The normalized spacial score (nSPS) is 35.4. The van der Waals surface area contributed by atoms with Crippen LogP contribution in [0.3, 0.4) is 0 Å². The number of aromatic nitrogens is 1. The predicted molar refractivity (Wildman–Crippen MR) is 77.4 cm³/mol. The highest BCUT2D eigenvalue weighted by Crippen LogP contribution is 2.63. The van der Waals surface area contributed by atoms with Crippen LogP contribution in [0.4, 0.5) is 5.69 Å². The third kappa shape index (κ3) is 1.90. The lowest BCUT2D eigenvalue weighted by atomic mass is 9.68. The van der Waals surface area contributed by atoms with Gasteiger partial charge in [0.25, 0.3) is 0 Å². The molecule has 2 aliphatic carbocycles. The Labute approximate surface area is 115 Å². The van der Waals surface area contributed by atoms with Gasteiger partial charge >= 0.3 is 0 Å². The van der Waals surface area contributed by atoms with E-state index in [1.807, 2.05) is 12.3 Å². The van der Waals surface area contributed by atoms with Crippen LogP contribution in [-0.2, 0) is 0 Å². The number of nitrogens with one attached hydrogen (secondary N) is 1. The maximum atomic E-state index is 5.11. The fourth-order valence-electron chi connectivity index (χ4n) is 4.42. The molecule has 1 heterocycles. The molecule has 2 aliphatic rings. The zero-order valence-corrected chi connectivity index (χ0v) is 12.4. The molecule has 0 aromatic carbocycles. The van der Waals surface area contributed by atoms with Crippen molar-refractivity contribution in [1.82, 2.24) is 4.98 Å². The molecule has 2 bridgehead atoms. The van der Waals surface area contributed by atoms with Gasteiger partial charge in [0.15, 0.2) is 0 Å². The molecular weight excluding hydrogens is 236 g/mol. The number of pyridine rings is 1. The van der Waals surface area contributed by atoms with Crippen molar-refractivity contribution in [3.05, 3.63) is 18.3 Å². The number of fused-ring (bicyclic) bond motifs is 2. The number of rotatable bonds is 3. The van der Waals surface area contributed by atoms with Crippen LogP contribution in [0.5, 0.6) is 5.88 Å². The van der Waals surface area contributed by atoms with Crippen molar-refractivity contribution in [2.24, 2.45) is 16.7 Å². The number of anilines is 1. The Morgan fingerprint density at radius 2 is 2.11 bits per heavy atom. The summed E-state index contributed by atoms with van der Waals surface area (Å²) in [6.45, 7) is 7.27. The minimum atomic E-state index is 0.368. The molecule has 3 atom stereocenters. The van der Waals surface area contributed by atoms with Gasteiger partial charge in [0.05, 0.1) is 19.0 Å². The first-order valence-electron chi connectivity index (χ1n) is 7.22. The lowest BCUT2D eigenvalue weighted by Crippen LogP contribution is -2.45. The van der Waals surface area contributed by atoms with Crippen LogP contribution >= 0.6 is 0 Å². The number of hydrogen-bond acceptors (Lipinski definition) is 3. The molecule has 3 heteroatoms. The molecule has 1 aromatic rings. The summed E-state index contributed by atoms with van der Waals surface area (Å²) in [5.74, 6) is 1.53. The van der Waals surface area contributed by atoms with Gasteiger partial charge in [-0.2, -0.15) is 0 Å². The second kappa shape index (κ2) is 4.12. The Kier molecular flexibility index (Phi) is 2.77. The summed E-state index contributed by atoms with van der Waals surface area (Å²) in [6.07, 6.45) is 5.98. The third-order valence-electron chi connectivity index (χ3n) is 5.53. The molecule has 0 spiro atoms. The van der Waals surface area contributed by atoms with Crippen molar-refractivity contribution >= 4 is 5.69 Å². The fraction of sp³-hybridized carbons (Fsp3) is 0.688. The molecule has 104 valence electrons. The molecule has 0 radical (unpaired) electrons. The van der Waals surface area contributed by atoms with Crippen LogP contribution in [0.15, 0.2) is 18.3 Å². The van der Waals surface area contributed by atoms with E-state index < -0.39 is 0 Å². The van der Waals surface area contributed by atoms with Crippen LogP contribution < -0.4 is 10.1 Å². The molecule has 2 saturated carbocycles. The van der Waals surface area contributed by atoms with E-state index in [0.29, 0.717) is 22.8 Å². The lowest BCUT2D eigenvalue weighted by molar-refractivity contribution is 0.155. The van der Waals surface area contributed by atoms with Gasteiger partial charge in [-0.15, -0.1) is 0 Å². The average molecular weight is 260 g/mol. The average Bonchev–Trinajstić information content (AvgIpc) is 2.87. The third-order valence-corrected chi connectivity index (χ3v) is 5.53. The summed E-state index contributed by atoms with van der Waals surface area (Å²) in [6, 6.07) is 4.52. The quantitative estimate of drug-likeness (QED) is 0.899. The van der Waals surface area contributed by atoms with Crippen LogP contribution in [-0.4, -0.2) is 18.1 Å². The summed E-state index contributed by atoms with van der Waals surface area (Å²) in [7, 11) is 1.65. The summed E-state index contributed by atoms with van der Waals surface area (Å²) in [5, 5.41) is 3.74. The Balaban J connectivity index is 1.82. The minimum absolute atomic E-state index is 0.368. The largest absolute Gasteiger partial charge is 0.481 e. The zero-order chi connectivity index (χ0) is 13.7. The van der Waals surface area contributed by atoms with E-state index in [-0.39, 0.29) is 0 Å². The zero-order valence-electron chi connectivity index (χ0n) is 12.4. The lowest BCUT2D eigenvalue weighted by Gasteiger charge is -2.43. The van der Waals surface area contributed by atoms with Crippen LogP contribution in [0.1, 0.15) is 40.0 Å². The Bertz CT molecular complexity index is 463. The minimum Gasteiger partial charge on any atom is -0.481 e. The Morgan fingerprint density at radius 3 is 2.63 bits per heavy atom. The molecule has 3 nitrogen and oxygen atoms in total. The molecule has 3 rings (SSSR count). The summed E-state index contributed by atoms with van der Waals surface area (Å²) in [5.41, 5.74) is 1.91. The van der Waals surface area contributed by atoms with Gasteiger partial charge in [-0.3, -0.25) is 0 Å². The van der Waals surface area contributed by atoms with Crippen LogP contribution in [0.25, 0.3) is 0 Å². The SMILES string of the molecule is COc1ccc(NC2C(C)(C)[C@H]3CC[C@]2(C)C3)cn1. The van der Waals surface area contributed by atoms with E-state index in [9.17, 15) is 0 Å². The van der Waals surface area contributed by atoms with Gasteiger partial charge < -0.3 is 10.1 Å². The topological polar surface area (TPSA) is 34.1 Å². The van der Waals surface area contributed by atoms with Crippen molar-refractivity contribution in [1.29, 1.82) is 0 Å². The molecule has 19 heavy (non-hydrogen) atoms. The highest BCUT2D eigenvalue weighted by atomic mass is 16.5. The smallest absolute Gasteiger partial charge is 0.213 e. The maximum absolute atomic E-state index is 5.11. The molecule has 0 aliphatic heterocycles. The number of ether oxygens (including phenoxy) is 1. The monoisotopic (exact) mass is 260 g/mol. The van der Waals surface area contributed by atoms with Gasteiger partial charge in [0.2, 0.25) is 5.88 Å². The van der Waals surface area contributed by atoms with E-state index in [2.05, 4.69) is 37.1 Å². The van der Waals surface area contributed by atoms with Crippen molar-refractivity contribution in [2.75, 3.05) is 12.4 Å². The van der Waals surface area contributed by atoms with Crippen LogP contribution in [0.2, 0.25) is 0 Å². The summed E-state index contributed by atoms with van der Waals surface area (Å²) in [4.78, 5) is 4.29. The summed E-state index contributed by atoms with van der Waals surface area (Å²) < 4.78 is 5.11. The second-order valence-electron chi connectivity index (χ2n) is 7.08. The van der Waals surface area contributed by atoms with Gasteiger partial charge in [-0.05, 0) is 42.1 Å². The van der Waals surface area contributed by atoms with Gasteiger partial charge in [0, 0.05) is 12.1 Å². The highest BCUT2D eigenvalue weighted by molar-refractivity contribution is 5.45.